The molecule has 0 aliphatic carbocycles. The first-order valence-electron chi connectivity index (χ1n) is 5.67. The summed E-state index contributed by atoms with van der Waals surface area (Å²) >= 11 is 0. The highest BCUT2D eigenvalue weighted by atomic mass is 32.2. The SMILES string of the molecule is COc1cccc(CS(=O)c2ccc(N)cc2)c1F. The maximum Gasteiger partial charge on any atom is 0.169 e. The first kappa shape index (κ1) is 13.5. The first-order valence-corrected chi connectivity index (χ1v) is 6.99. The molecule has 0 aromatic heterocycles. The van der Waals surface area contributed by atoms with E-state index in [1.54, 1.807) is 36.4 Å². The van der Waals surface area contributed by atoms with E-state index in [2.05, 4.69) is 0 Å². The smallest absolute Gasteiger partial charge is 0.169 e. The standard InChI is InChI=1S/C14H14FNO2S/c1-18-13-4-2-3-10(14(13)15)9-19(17)12-7-5-11(16)6-8-12/h2-8H,9,16H2,1H3. The molecule has 100 valence electrons. The summed E-state index contributed by atoms with van der Waals surface area (Å²) in [5, 5.41) is 0. The molecule has 0 saturated heterocycles. The zero-order chi connectivity index (χ0) is 13.8. The minimum Gasteiger partial charge on any atom is -0.494 e. The average molecular weight is 279 g/mol. The van der Waals surface area contributed by atoms with Crippen LogP contribution in [0.25, 0.3) is 0 Å². The number of anilines is 1. The van der Waals surface area contributed by atoms with Gasteiger partial charge in [0.2, 0.25) is 0 Å². The van der Waals surface area contributed by atoms with Gasteiger partial charge in [-0.15, -0.1) is 0 Å². The third-order valence-electron chi connectivity index (χ3n) is 2.69. The number of hydrogen-bond acceptors (Lipinski definition) is 3. The lowest BCUT2D eigenvalue weighted by Crippen LogP contribution is -2.01. The van der Waals surface area contributed by atoms with Gasteiger partial charge < -0.3 is 10.5 Å². The van der Waals surface area contributed by atoms with E-state index in [1.165, 1.54) is 13.2 Å². The first-order chi connectivity index (χ1) is 9.11. The maximum absolute atomic E-state index is 13.9. The summed E-state index contributed by atoms with van der Waals surface area (Å²) in [6, 6.07) is 11.5. The number of methoxy groups -OCH3 is 1. The number of rotatable bonds is 4. The van der Waals surface area contributed by atoms with Crippen molar-refractivity contribution in [2.45, 2.75) is 10.6 Å². The fourth-order valence-electron chi connectivity index (χ4n) is 1.67. The minimum atomic E-state index is -1.31. The zero-order valence-corrected chi connectivity index (χ0v) is 11.2. The van der Waals surface area contributed by atoms with Gasteiger partial charge in [0.1, 0.15) is 0 Å². The van der Waals surface area contributed by atoms with Crippen LogP contribution in [0.1, 0.15) is 5.56 Å². The van der Waals surface area contributed by atoms with Gasteiger partial charge in [-0.2, -0.15) is 0 Å². The van der Waals surface area contributed by atoms with Crippen molar-refractivity contribution in [1.82, 2.24) is 0 Å². The Bertz CT molecular complexity index is 599. The predicted molar refractivity (Wildman–Crippen MR) is 73.9 cm³/mol. The molecule has 2 rings (SSSR count). The van der Waals surface area contributed by atoms with Gasteiger partial charge >= 0.3 is 0 Å². The largest absolute Gasteiger partial charge is 0.494 e. The molecule has 0 spiro atoms. The van der Waals surface area contributed by atoms with Gasteiger partial charge in [0.15, 0.2) is 11.6 Å². The van der Waals surface area contributed by atoms with Gasteiger partial charge in [-0.3, -0.25) is 4.21 Å². The van der Waals surface area contributed by atoms with E-state index in [1.807, 2.05) is 0 Å². The van der Waals surface area contributed by atoms with Gasteiger partial charge in [0, 0.05) is 16.1 Å². The van der Waals surface area contributed by atoms with Crippen LogP contribution in [0.5, 0.6) is 5.75 Å². The second-order valence-corrected chi connectivity index (χ2v) is 5.44. The average Bonchev–Trinajstić information content (AvgIpc) is 2.42. The summed E-state index contributed by atoms with van der Waals surface area (Å²) < 4.78 is 31.0. The second kappa shape index (κ2) is 5.84. The summed E-state index contributed by atoms with van der Waals surface area (Å²) in [7, 11) is 0.0876. The molecular weight excluding hydrogens is 265 g/mol. The van der Waals surface area contributed by atoms with E-state index in [0.29, 0.717) is 16.1 Å². The molecule has 2 N–H and O–H groups in total. The number of benzene rings is 2. The minimum absolute atomic E-state index is 0.104. The molecule has 0 aliphatic rings. The Balaban J connectivity index is 2.21. The predicted octanol–water partition coefficient (Wildman–Crippen LogP) is 2.72. The lowest BCUT2D eigenvalue weighted by atomic mass is 10.2. The van der Waals surface area contributed by atoms with Crippen molar-refractivity contribution in [2.75, 3.05) is 12.8 Å². The number of hydrogen-bond donors (Lipinski definition) is 1. The van der Waals surface area contributed by atoms with E-state index < -0.39 is 16.6 Å². The topological polar surface area (TPSA) is 52.3 Å². The Hall–Kier alpha value is -1.88. The van der Waals surface area contributed by atoms with Crippen molar-refractivity contribution < 1.29 is 13.3 Å². The monoisotopic (exact) mass is 279 g/mol. The van der Waals surface area contributed by atoms with Gasteiger partial charge in [-0.1, -0.05) is 12.1 Å². The maximum atomic E-state index is 13.9. The van der Waals surface area contributed by atoms with E-state index >= 15 is 0 Å². The number of nitrogen functional groups attached to an aromatic ring is 1. The molecule has 0 radical (unpaired) electrons. The molecule has 0 amide bonds. The summed E-state index contributed by atoms with van der Waals surface area (Å²) in [5.74, 6) is -0.201. The third kappa shape index (κ3) is 3.12. The zero-order valence-electron chi connectivity index (χ0n) is 10.4. The Morgan fingerprint density at radius 2 is 1.89 bits per heavy atom. The third-order valence-corrected chi connectivity index (χ3v) is 4.06. The lowest BCUT2D eigenvalue weighted by molar-refractivity contribution is 0.385. The van der Waals surface area contributed by atoms with Crippen molar-refractivity contribution in [2.24, 2.45) is 0 Å². The molecule has 0 fully saturated rings. The van der Waals surface area contributed by atoms with Crippen molar-refractivity contribution in [3.8, 4) is 5.75 Å². The Labute approximate surface area is 113 Å². The van der Waals surface area contributed by atoms with E-state index in [0.717, 1.165) is 0 Å². The van der Waals surface area contributed by atoms with E-state index in [4.69, 9.17) is 10.5 Å². The molecular formula is C14H14FNO2S. The quantitative estimate of drug-likeness (QED) is 0.875. The van der Waals surface area contributed by atoms with Gasteiger partial charge in [0.25, 0.3) is 0 Å². The van der Waals surface area contributed by atoms with Crippen LogP contribution < -0.4 is 10.5 Å². The summed E-state index contributed by atoms with van der Waals surface area (Å²) in [6.07, 6.45) is 0. The molecule has 0 bridgehead atoms. The molecule has 0 saturated carbocycles. The number of nitrogens with two attached hydrogens (primary N) is 1. The summed E-state index contributed by atoms with van der Waals surface area (Å²) in [5.41, 5.74) is 6.54. The van der Waals surface area contributed by atoms with E-state index in [9.17, 15) is 8.60 Å². The highest BCUT2D eigenvalue weighted by molar-refractivity contribution is 7.84. The number of halogens is 1. The van der Waals surface area contributed by atoms with Crippen molar-refractivity contribution in [1.29, 1.82) is 0 Å². The van der Waals surface area contributed by atoms with Crippen LogP contribution in [0, 0.1) is 5.82 Å². The van der Waals surface area contributed by atoms with Crippen LogP contribution in [0.15, 0.2) is 47.4 Å². The van der Waals surface area contributed by atoms with Crippen LogP contribution >= 0.6 is 0 Å². The lowest BCUT2D eigenvalue weighted by Gasteiger charge is -2.07. The van der Waals surface area contributed by atoms with Crippen LogP contribution in [-0.4, -0.2) is 11.3 Å². The number of ether oxygens (including phenoxy) is 1. The van der Waals surface area contributed by atoms with Crippen molar-refractivity contribution >= 4 is 16.5 Å². The fourth-order valence-corrected chi connectivity index (χ4v) is 2.78. The van der Waals surface area contributed by atoms with Gasteiger partial charge in [0.05, 0.1) is 23.7 Å². The molecule has 1 atom stereocenters. The molecule has 2 aromatic carbocycles. The van der Waals surface area contributed by atoms with Crippen LogP contribution in [0.4, 0.5) is 10.1 Å². The normalized spacial score (nSPS) is 12.1. The highest BCUT2D eigenvalue weighted by Gasteiger charge is 2.12. The fraction of sp³-hybridized carbons (Fsp3) is 0.143. The highest BCUT2D eigenvalue weighted by Crippen LogP contribution is 2.22. The molecule has 0 aliphatic heterocycles. The van der Waals surface area contributed by atoms with Crippen LogP contribution in [-0.2, 0) is 16.6 Å². The van der Waals surface area contributed by atoms with Crippen molar-refractivity contribution in [3.63, 3.8) is 0 Å². The van der Waals surface area contributed by atoms with Crippen LogP contribution in [0.2, 0.25) is 0 Å². The summed E-state index contributed by atoms with van der Waals surface area (Å²) in [4.78, 5) is 0.622. The van der Waals surface area contributed by atoms with Crippen molar-refractivity contribution in [3.05, 3.63) is 53.8 Å². The molecule has 0 heterocycles. The second-order valence-electron chi connectivity index (χ2n) is 3.99. The molecule has 2 aromatic rings. The van der Waals surface area contributed by atoms with Gasteiger partial charge in [-0.25, -0.2) is 4.39 Å². The van der Waals surface area contributed by atoms with Crippen LogP contribution in [0.3, 0.4) is 0 Å². The van der Waals surface area contributed by atoms with Gasteiger partial charge in [-0.05, 0) is 30.3 Å². The molecule has 5 heteroatoms. The Morgan fingerprint density at radius 3 is 2.53 bits per heavy atom. The molecule has 1 unspecified atom stereocenters. The molecule has 3 nitrogen and oxygen atoms in total. The molecule has 19 heavy (non-hydrogen) atoms. The van der Waals surface area contributed by atoms with E-state index in [-0.39, 0.29) is 11.5 Å². The Morgan fingerprint density at radius 1 is 1.21 bits per heavy atom. The summed E-state index contributed by atoms with van der Waals surface area (Å²) in [6.45, 7) is 0. The Kier molecular flexibility index (Phi) is 4.16.